The van der Waals surface area contributed by atoms with Crippen molar-refractivity contribution < 1.29 is 22.0 Å². The molecular formula is C18H17F2N3O3S3. The Labute approximate surface area is 174 Å². The Hall–Kier alpha value is -2.21. The van der Waals surface area contributed by atoms with E-state index in [0.717, 1.165) is 28.1 Å². The van der Waals surface area contributed by atoms with Crippen molar-refractivity contribution in [3.05, 3.63) is 56.6 Å². The maximum absolute atomic E-state index is 13.5. The number of sulfonamides is 1. The van der Waals surface area contributed by atoms with Gasteiger partial charge >= 0.3 is 0 Å². The molecule has 11 heteroatoms. The fourth-order valence-corrected chi connectivity index (χ4v) is 4.72. The van der Waals surface area contributed by atoms with Gasteiger partial charge in [0.25, 0.3) is 5.91 Å². The number of carbonyl (C=O) groups excluding carboxylic acids is 1. The molecule has 0 bridgehead atoms. The summed E-state index contributed by atoms with van der Waals surface area (Å²) < 4.78 is 51.2. The van der Waals surface area contributed by atoms with Crippen molar-refractivity contribution in [1.29, 1.82) is 0 Å². The third-order valence-corrected chi connectivity index (χ3v) is 6.59. The van der Waals surface area contributed by atoms with Crippen LogP contribution < -0.4 is 10.0 Å². The first-order valence-corrected chi connectivity index (χ1v) is 11.9. The van der Waals surface area contributed by atoms with Crippen LogP contribution >= 0.6 is 22.7 Å². The van der Waals surface area contributed by atoms with Crippen LogP contribution in [0.25, 0.3) is 11.3 Å². The second-order valence-corrected chi connectivity index (χ2v) is 10.4. The Bertz CT molecular complexity index is 1160. The first-order chi connectivity index (χ1) is 13.6. The second-order valence-electron chi connectivity index (χ2n) is 6.19. The molecule has 0 radical (unpaired) electrons. The molecule has 0 aliphatic rings. The minimum Gasteiger partial charge on any atom is -0.297 e. The molecule has 3 aromatic rings. The Kier molecular flexibility index (Phi) is 6.42. The molecular weight excluding hydrogens is 440 g/mol. The topological polar surface area (TPSA) is 88.2 Å². The number of halogens is 2. The first-order valence-electron chi connectivity index (χ1n) is 8.40. The number of nitrogens with one attached hydrogen (secondary N) is 2. The summed E-state index contributed by atoms with van der Waals surface area (Å²) in [6, 6.07) is 6.96. The molecule has 2 heterocycles. The molecule has 0 atom stereocenters. The minimum absolute atomic E-state index is 0.254. The fraction of sp³-hybridized carbons (Fsp3) is 0.222. The molecule has 0 saturated heterocycles. The zero-order valence-electron chi connectivity index (χ0n) is 15.5. The van der Waals surface area contributed by atoms with Crippen LogP contribution in [0.4, 0.5) is 13.9 Å². The van der Waals surface area contributed by atoms with Crippen LogP contribution in [-0.4, -0.2) is 32.1 Å². The highest BCUT2D eigenvalue weighted by atomic mass is 32.2. The van der Waals surface area contributed by atoms with E-state index in [4.69, 9.17) is 0 Å². The predicted molar refractivity (Wildman–Crippen MR) is 111 cm³/mol. The zero-order chi connectivity index (χ0) is 21.2. The van der Waals surface area contributed by atoms with Crippen LogP contribution in [0.5, 0.6) is 0 Å². The van der Waals surface area contributed by atoms with Crippen molar-refractivity contribution in [3.8, 4) is 11.3 Å². The van der Waals surface area contributed by atoms with E-state index in [2.05, 4.69) is 15.0 Å². The number of anilines is 1. The average Bonchev–Trinajstić information content (AvgIpc) is 3.23. The molecule has 0 fully saturated rings. The van der Waals surface area contributed by atoms with Crippen LogP contribution in [0, 0.1) is 18.6 Å². The lowest BCUT2D eigenvalue weighted by Gasteiger charge is -2.01. The lowest BCUT2D eigenvalue weighted by molar-refractivity contribution is 0.103. The van der Waals surface area contributed by atoms with Crippen molar-refractivity contribution in [2.24, 2.45) is 0 Å². The maximum Gasteiger partial charge on any atom is 0.267 e. The van der Waals surface area contributed by atoms with Gasteiger partial charge in [-0.2, -0.15) is 0 Å². The number of nitrogens with zero attached hydrogens (tertiary/aromatic N) is 1. The highest BCUT2D eigenvalue weighted by Gasteiger charge is 2.16. The van der Waals surface area contributed by atoms with E-state index >= 15 is 0 Å². The molecule has 2 aromatic heterocycles. The summed E-state index contributed by atoms with van der Waals surface area (Å²) in [4.78, 5) is 18.9. The third kappa shape index (κ3) is 5.66. The third-order valence-electron chi connectivity index (χ3n) is 3.83. The lowest BCUT2D eigenvalue weighted by Crippen LogP contribution is -2.24. The van der Waals surface area contributed by atoms with Crippen LogP contribution in [0.3, 0.4) is 0 Å². The summed E-state index contributed by atoms with van der Waals surface area (Å²) in [5.74, 6) is -2.24. The Morgan fingerprint density at radius 3 is 2.59 bits per heavy atom. The van der Waals surface area contributed by atoms with Crippen molar-refractivity contribution in [2.45, 2.75) is 13.3 Å². The Morgan fingerprint density at radius 2 is 1.90 bits per heavy atom. The monoisotopic (exact) mass is 457 g/mol. The normalized spacial score (nSPS) is 11.6. The number of amides is 1. The summed E-state index contributed by atoms with van der Waals surface area (Å²) in [6.07, 6.45) is 1.56. The van der Waals surface area contributed by atoms with E-state index in [1.54, 1.807) is 19.1 Å². The van der Waals surface area contributed by atoms with Crippen LogP contribution in [0.15, 0.2) is 30.3 Å². The number of benzene rings is 1. The van der Waals surface area contributed by atoms with E-state index in [9.17, 15) is 22.0 Å². The summed E-state index contributed by atoms with van der Waals surface area (Å²) in [7, 11) is -3.25. The van der Waals surface area contributed by atoms with E-state index in [1.807, 2.05) is 0 Å². The molecule has 6 nitrogen and oxygen atoms in total. The highest BCUT2D eigenvalue weighted by molar-refractivity contribution is 7.88. The molecule has 2 N–H and O–H groups in total. The first kappa shape index (κ1) is 21.5. The molecule has 1 amide bonds. The summed E-state index contributed by atoms with van der Waals surface area (Å²) >= 11 is 2.49. The van der Waals surface area contributed by atoms with Crippen LogP contribution in [-0.2, 0) is 16.4 Å². The molecule has 3 rings (SSSR count). The van der Waals surface area contributed by atoms with Gasteiger partial charge in [-0.15, -0.1) is 22.7 Å². The van der Waals surface area contributed by atoms with Gasteiger partial charge in [-0.05, 0) is 43.7 Å². The van der Waals surface area contributed by atoms with Crippen molar-refractivity contribution in [3.63, 3.8) is 0 Å². The average molecular weight is 458 g/mol. The molecule has 0 aliphatic carbocycles. The van der Waals surface area contributed by atoms with Crippen LogP contribution in [0.1, 0.15) is 19.4 Å². The number of hydrogen-bond acceptors (Lipinski definition) is 6. The minimum atomic E-state index is -3.25. The Morgan fingerprint density at radius 1 is 1.14 bits per heavy atom. The Balaban J connectivity index is 1.68. The van der Waals surface area contributed by atoms with Gasteiger partial charge in [-0.25, -0.2) is 26.9 Å². The molecule has 29 heavy (non-hydrogen) atoms. The van der Waals surface area contributed by atoms with E-state index in [1.165, 1.54) is 28.7 Å². The molecule has 0 spiro atoms. The molecule has 1 aromatic carbocycles. The summed E-state index contributed by atoms with van der Waals surface area (Å²) in [5, 5.41) is 3.06. The highest BCUT2D eigenvalue weighted by Crippen LogP contribution is 2.31. The number of rotatable bonds is 7. The quantitative estimate of drug-likeness (QED) is 0.565. The molecule has 0 unspecified atom stereocenters. The summed E-state index contributed by atoms with van der Waals surface area (Å²) in [5.41, 5.74) is 0.901. The molecule has 0 aliphatic heterocycles. The standard InChI is InChI=1S/C18H17F2N3O3S3/c1-10-16(11-3-5-13(19)14(20)9-11)22-18(27-10)23-17(24)15-6-4-12(28-15)7-8-21-29(2,25)26/h3-6,9,21H,7-8H2,1-2H3,(H,22,23,24). The smallest absolute Gasteiger partial charge is 0.267 e. The lowest BCUT2D eigenvalue weighted by atomic mass is 10.1. The van der Waals surface area contributed by atoms with Crippen molar-refractivity contribution >= 4 is 43.7 Å². The van der Waals surface area contributed by atoms with Gasteiger partial charge in [0.15, 0.2) is 16.8 Å². The number of thiazole rings is 1. The number of carbonyl (C=O) groups is 1. The largest absolute Gasteiger partial charge is 0.297 e. The van der Waals surface area contributed by atoms with Crippen molar-refractivity contribution in [2.75, 3.05) is 18.1 Å². The maximum atomic E-state index is 13.5. The van der Waals surface area contributed by atoms with Gasteiger partial charge in [0.1, 0.15) is 0 Å². The zero-order valence-corrected chi connectivity index (χ0v) is 17.9. The summed E-state index contributed by atoms with van der Waals surface area (Å²) in [6.45, 7) is 2.03. The number of aromatic nitrogens is 1. The van der Waals surface area contributed by atoms with Crippen LogP contribution in [0.2, 0.25) is 0 Å². The molecule has 154 valence electrons. The van der Waals surface area contributed by atoms with E-state index in [0.29, 0.717) is 27.7 Å². The van der Waals surface area contributed by atoms with Gasteiger partial charge in [-0.1, -0.05) is 0 Å². The SMILES string of the molecule is Cc1sc(NC(=O)c2ccc(CCNS(C)(=O)=O)s2)nc1-c1ccc(F)c(F)c1. The van der Waals surface area contributed by atoms with Gasteiger partial charge in [0.05, 0.1) is 16.8 Å². The fourth-order valence-electron chi connectivity index (χ4n) is 2.51. The van der Waals surface area contributed by atoms with Gasteiger partial charge in [-0.3, -0.25) is 10.1 Å². The predicted octanol–water partition coefficient (Wildman–Crippen LogP) is 3.80. The van der Waals surface area contributed by atoms with E-state index in [-0.39, 0.29) is 12.5 Å². The van der Waals surface area contributed by atoms with Gasteiger partial charge in [0.2, 0.25) is 10.0 Å². The van der Waals surface area contributed by atoms with Gasteiger partial charge in [0, 0.05) is 21.9 Å². The number of aryl methyl sites for hydroxylation is 1. The van der Waals surface area contributed by atoms with E-state index < -0.39 is 21.7 Å². The number of thiophene rings is 1. The van der Waals surface area contributed by atoms with Gasteiger partial charge < -0.3 is 0 Å². The number of hydrogen-bond donors (Lipinski definition) is 2. The van der Waals surface area contributed by atoms with Crippen molar-refractivity contribution in [1.82, 2.24) is 9.71 Å². The molecule has 0 saturated carbocycles. The second kappa shape index (κ2) is 8.66.